The van der Waals surface area contributed by atoms with Gasteiger partial charge in [-0.2, -0.15) is 5.10 Å². The molecule has 0 saturated carbocycles. The molecule has 0 aliphatic rings. The largest absolute Gasteiger partial charge is 0.467 e. The van der Waals surface area contributed by atoms with Gasteiger partial charge in [-0.1, -0.05) is 13.3 Å². The van der Waals surface area contributed by atoms with Gasteiger partial charge < -0.3 is 10.1 Å². The second-order valence-electron chi connectivity index (χ2n) is 4.86. The number of methoxy groups -OCH3 is 1. The zero-order valence-electron chi connectivity index (χ0n) is 12.4. The highest BCUT2D eigenvalue weighted by atomic mass is 16.6. The van der Waals surface area contributed by atoms with E-state index in [9.17, 15) is 14.9 Å². The molecule has 0 aromatic carbocycles. The molecule has 0 aliphatic heterocycles. The third-order valence-corrected chi connectivity index (χ3v) is 3.15. The topological polar surface area (TPSA) is 99.3 Å². The van der Waals surface area contributed by atoms with Gasteiger partial charge in [0.05, 0.1) is 12.0 Å². The molecule has 0 fully saturated rings. The molecule has 8 nitrogen and oxygen atoms in total. The first kappa shape index (κ1) is 15.9. The van der Waals surface area contributed by atoms with Gasteiger partial charge in [-0.25, -0.2) is 9.48 Å². The first-order valence-corrected chi connectivity index (χ1v) is 6.31. The van der Waals surface area contributed by atoms with Crippen LogP contribution in [0.15, 0.2) is 0 Å². The van der Waals surface area contributed by atoms with Crippen molar-refractivity contribution in [3.8, 4) is 0 Å². The molecule has 1 N–H and O–H groups in total. The van der Waals surface area contributed by atoms with E-state index >= 15 is 0 Å². The van der Waals surface area contributed by atoms with E-state index in [0.717, 1.165) is 6.42 Å². The van der Waals surface area contributed by atoms with E-state index in [1.54, 1.807) is 20.9 Å². The number of hydrogen-bond acceptors (Lipinski definition) is 6. The third-order valence-electron chi connectivity index (χ3n) is 3.15. The number of nitrogens with one attached hydrogen (secondary N) is 1. The second-order valence-corrected chi connectivity index (χ2v) is 4.86. The molecule has 1 unspecified atom stereocenters. The lowest BCUT2D eigenvalue weighted by molar-refractivity contribution is -0.384. The fourth-order valence-electron chi connectivity index (χ4n) is 2.21. The Labute approximate surface area is 117 Å². The molecule has 0 aliphatic carbocycles. The zero-order chi connectivity index (χ0) is 15.5. The summed E-state index contributed by atoms with van der Waals surface area (Å²) in [4.78, 5) is 22.6. The molecule has 1 aromatic rings. The van der Waals surface area contributed by atoms with Crippen LogP contribution < -0.4 is 5.32 Å². The van der Waals surface area contributed by atoms with Crippen LogP contribution >= 0.6 is 0 Å². The Kier molecular flexibility index (Phi) is 4.69. The van der Waals surface area contributed by atoms with Crippen molar-refractivity contribution in [1.29, 1.82) is 0 Å². The van der Waals surface area contributed by atoms with Crippen molar-refractivity contribution in [3.05, 3.63) is 15.8 Å². The molecule has 112 valence electrons. The highest BCUT2D eigenvalue weighted by molar-refractivity contribution is 5.84. The van der Waals surface area contributed by atoms with Crippen molar-refractivity contribution in [3.63, 3.8) is 0 Å². The van der Waals surface area contributed by atoms with Gasteiger partial charge in [0.15, 0.2) is 0 Å². The Morgan fingerprint density at radius 1 is 1.60 bits per heavy atom. The summed E-state index contributed by atoms with van der Waals surface area (Å²) < 4.78 is 6.15. The number of carbonyl (C=O) groups is 1. The number of rotatable bonds is 6. The van der Waals surface area contributed by atoms with Crippen LogP contribution in [0.3, 0.4) is 0 Å². The summed E-state index contributed by atoms with van der Waals surface area (Å²) in [6.07, 6.45) is 1.21. The molecule has 8 heteroatoms. The fourth-order valence-corrected chi connectivity index (χ4v) is 2.21. The number of nitrogens with zero attached hydrogens (tertiary/aromatic N) is 3. The van der Waals surface area contributed by atoms with Crippen molar-refractivity contribution in [2.75, 3.05) is 12.4 Å². The Balaban J connectivity index is 3.25. The van der Waals surface area contributed by atoms with Crippen LogP contribution in [0.4, 0.5) is 11.5 Å². The Morgan fingerprint density at radius 3 is 2.65 bits per heavy atom. The van der Waals surface area contributed by atoms with E-state index in [4.69, 9.17) is 4.74 Å². The first-order chi connectivity index (χ1) is 9.26. The van der Waals surface area contributed by atoms with Crippen molar-refractivity contribution >= 4 is 17.5 Å². The molecule has 0 bridgehead atoms. The Morgan fingerprint density at radius 2 is 2.20 bits per heavy atom. The molecular formula is C12H20N4O4. The summed E-state index contributed by atoms with van der Waals surface area (Å²) in [7, 11) is 2.88. The van der Waals surface area contributed by atoms with Crippen LogP contribution in [0.2, 0.25) is 0 Å². The van der Waals surface area contributed by atoms with Gasteiger partial charge in [-0.15, -0.1) is 0 Å². The number of esters is 1. The fraction of sp³-hybridized carbons (Fsp3) is 0.667. The monoisotopic (exact) mass is 284 g/mol. The van der Waals surface area contributed by atoms with Gasteiger partial charge in [-0.05, 0) is 20.3 Å². The van der Waals surface area contributed by atoms with E-state index in [-0.39, 0.29) is 11.5 Å². The van der Waals surface area contributed by atoms with Crippen LogP contribution in [0.25, 0.3) is 0 Å². The minimum Gasteiger partial charge on any atom is -0.467 e. The number of anilines is 1. The maximum absolute atomic E-state index is 11.9. The standard InChI is InChI=1S/C12H20N4O4/c1-6-7-12(3,11(17)20-5)13-10-9(16(18)19)8(2)14-15(10)4/h13H,6-7H2,1-5H3. The van der Waals surface area contributed by atoms with Crippen molar-refractivity contribution in [2.45, 2.75) is 39.2 Å². The van der Waals surface area contributed by atoms with Crippen molar-refractivity contribution < 1.29 is 14.5 Å². The molecule has 1 aromatic heterocycles. The predicted molar refractivity (Wildman–Crippen MR) is 73.6 cm³/mol. The highest BCUT2D eigenvalue weighted by Crippen LogP contribution is 2.31. The van der Waals surface area contributed by atoms with E-state index in [1.807, 2.05) is 6.92 Å². The van der Waals surface area contributed by atoms with Crippen LogP contribution in [0.5, 0.6) is 0 Å². The first-order valence-electron chi connectivity index (χ1n) is 6.31. The number of hydrogen-bond donors (Lipinski definition) is 1. The van der Waals surface area contributed by atoms with Crippen LogP contribution in [-0.2, 0) is 16.6 Å². The molecule has 1 heterocycles. The van der Waals surface area contributed by atoms with Gasteiger partial charge >= 0.3 is 11.7 Å². The number of nitro groups is 1. The molecule has 1 rings (SSSR count). The van der Waals surface area contributed by atoms with E-state index in [1.165, 1.54) is 11.8 Å². The van der Waals surface area contributed by atoms with E-state index < -0.39 is 16.4 Å². The Hall–Kier alpha value is -2.12. The molecule has 0 saturated heterocycles. The summed E-state index contributed by atoms with van der Waals surface area (Å²) in [5.74, 6) is -0.263. The molecule has 0 radical (unpaired) electrons. The minimum absolute atomic E-state index is 0.126. The van der Waals surface area contributed by atoms with E-state index in [0.29, 0.717) is 12.1 Å². The summed E-state index contributed by atoms with van der Waals surface area (Å²) >= 11 is 0. The summed E-state index contributed by atoms with van der Waals surface area (Å²) in [5.41, 5.74) is -0.864. The summed E-state index contributed by atoms with van der Waals surface area (Å²) in [5, 5.41) is 18.1. The van der Waals surface area contributed by atoms with Crippen molar-refractivity contribution in [1.82, 2.24) is 9.78 Å². The second kappa shape index (κ2) is 5.89. The maximum atomic E-state index is 11.9. The third kappa shape index (κ3) is 2.89. The van der Waals surface area contributed by atoms with Gasteiger partial charge in [0.2, 0.25) is 5.82 Å². The van der Waals surface area contributed by atoms with Gasteiger partial charge in [0.1, 0.15) is 11.2 Å². The molecule has 0 spiro atoms. The summed E-state index contributed by atoms with van der Waals surface area (Å²) in [6.45, 7) is 5.14. The molecule has 0 amide bonds. The average molecular weight is 284 g/mol. The number of ether oxygens (including phenoxy) is 1. The maximum Gasteiger partial charge on any atom is 0.333 e. The van der Waals surface area contributed by atoms with Crippen LogP contribution in [-0.4, -0.2) is 33.3 Å². The van der Waals surface area contributed by atoms with Gasteiger partial charge in [0.25, 0.3) is 0 Å². The highest BCUT2D eigenvalue weighted by Gasteiger charge is 2.37. The van der Waals surface area contributed by atoms with Gasteiger partial charge in [-0.3, -0.25) is 10.1 Å². The zero-order valence-corrected chi connectivity index (χ0v) is 12.4. The SMILES string of the molecule is CCCC(C)(Nc1c([N+](=O)[O-])c(C)nn1C)C(=O)OC. The summed E-state index contributed by atoms with van der Waals surface area (Å²) in [6, 6.07) is 0. The number of carbonyl (C=O) groups excluding carboxylic acids is 1. The molecule has 20 heavy (non-hydrogen) atoms. The van der Waals surface area contributed by atoms with E-state index in [2.05, 4.69) is 10.4 Å². The Bertz CT molecular complexity index is 526. The lowest BCUT2D eigenvalue weighted by atomic mass is 9.96. The lowest BCUT2D eigenvalue weighted by Crippen LogP contribution is -2.44. The molecule has 1 atom stereocenters. The number of aryl methyl sites for hydroxylation is 2. The van der Waals surface area contributed by atoms with Crippen molar-refractivity contribution in [2.24, 2.45) is 7.05 Å². The quantitative estimate of drug-likeness (QED) is 0.485. The minimum atomic E-state index is -1.03. The van der Waals surface area contributed by atoms with Crippen LogP contribution in [0, 0.1) is 17.0 Å². The molecular weight excluding hydrogens is 264 g/mol. The lowest BCUT2D eigenvalue weighted by Gasteiger charge is -2.28. The smallest absolute Gasteiger partial charge is 0.333 e. The normalized spacial score (nSPS) is 13.7. The predicted octanol–water partition coefficient (Wildman–Crippen LogP) is 1.78. The average Bonchev–Trinajstić information content (AvgIpc) is 2.63. The number of aromatic nitrogens is 2. The van der Waals surface area contributed by atoms with Crippen LogP contribution in [0.1, 0.15) is 32.4 Å². The van der Waals surface area contributed by atoms with Gasteiger partial charge in [0, 0.05) is 7.05 Å².